The van der Waals surface area contributed by atoms with Crippen LogP contribution in [0, 0.1) is 0 Å². The molecule has 98 valence electrons. The van der Waals surface area contributed by atoms with Gasteiger partial charge in [0.2, 0.25) is 11.8 Å². The van der Waals surface area contributed by atoms with Crippen LogP contribution in [0.1, 0.15) is 19.8 Å². The molecule has 0 aromatic rings. The predicted molar refractivity (Wildman–Crippen MR) is 63.3 cm³/mol. The summed E-state index contributed by atoms with van der Waals surface area (Å²) in [6, 6.07) is -0.0499. The quantitative estimate of drug-likeness (QED) is 0.540. The largest absolute Gasteiger partial charge is 0.370 e. The lowest BCUT2D eigenvalue weighted by atomic mass is 10.2. The highest BCUT2D eigenvalue weighted by atomic mass is 16.5. The van der Waals surface area contributed by atoms with Gasteiger partial charge in [0.25, 0.3) is 0 Å². The molecule has 0 spiro atoms. The Labute approximate surface area is 101 Å². The molecule has 1 fully saturated rings. The molecule has 1 heterocycles. The predicted octanol–water partition coefficient (Wildman–Crippen LogP) is -0.911. The van der Waals surface area contributed by atoms with Gasteiger partial charge in [-0.3, -0.25) is 9.59 Å². The molecule has 1 saturated heterocycles. The number of hydrogen-bond acceptors (Lipinski definition) is 4. The number of primary amides is 1. The average molecular weight is 243 g/mol. The number of nitrogens with two attached hydrogens (primary N) is 1. The summed E-state index contributed by atoms with van der Waals surface area (Å²) < 4.78 is 5.03. The molecule has 0 aliphatic carbocycles. The summed E-state index contributed by atoms with van der Waals surface area (Å²) in [5.74, 6) is -0.360. The van der Waals surface area contributed by atoms with E-state index in [1.54, 1.807) is 4.90 Å². The van der Waals surface area contributed by atoms with E-state index in [1.165, 1.54) is 0 Å². The molecular formula is C11H21N3O3. The molecule has 2 amide bonds. The molecule has 6 nitrogen and oxygen atoms in total. The van der Waals surface area contributed by atoms with E-state index in [4.69, 9.17) is 10.5 Å². The second kappa shape index (κ2) is 7.24. The molecule has 1 aliphatic heterocycles. The number of rotatable bonds is 8. The van der Waals surface area contributed by atoms with Crippen LogP contribution in [0.25, 0.3) is 0 Å². The zero-order valence-corrected chi connectivity index (χ0v) is 10.3. The fourth-order valence-electron chi connectivity index (χ4n) is 1.82. The Kier molecular flexibility index (Phi) is 5.93. The van der Waals surface area contributed by atoms with Crippen LogP contribution in [0.5, 0.6) is 0 Å². The summed E-state index contributed by atoms with van der Waals surface area (Å²) in [5, 5.41) is 3.21. The van der Waals surface area contributed by atoms with E-state index >= 15 is 0 Å². The molecule has 1 aliphatic rings. The van der Waals surface area contributed by atoms with Gasteiger partial charge in [-0.2, -0.15) is 0 Å². The number of ether oxygens (including phenoxy) is 1. The Morgan fingerprint density at radius 1 is 1.65 bits per heavy atom. The number of amides is 2. The highest BCUT2D eigenvalue weighted by Gasteiger charge is 2.30. The monoisotopic (exact) mass is 243 g/mol. The van der Waals surface area contributed by atoms with Crippen LogP contribution in [-0.2, 0) is 14.3 Å². The van der Waals surface area contributed by atoms with Crippen molar-refractivity contribution in [1.82, 2.24) is 10.2 Å². The van der Waals surface area contributed by atoms with Crippen molar-refractivity contribution in [3.63, 3.8) is 0 Å². The third kappa shape index (κ3) is 4.70. The lowest BCUT2D eigenvalue weighted by Crippen LogP contribution is -2.39. The lowest BCUT2D eigenvalue weighted by molar-refractivity contribution is -0.130. The van der Waals surface area contributed by atoms with Crippen LogP contribution in [0.15, 0.2) is 0 Å². The summed E-state index contributed by atoms with van der Waals surface area (Å²) in [6.07, 6.45) is 1.86. The maximum absolute atomic E-state index is 11.9. The first-order chi connectivity index (χ1) is 8.15. The number of nitrogens with zero attached hydrogens (tertiary/aromatic N) is 1. The topological polar surface area (TPSA) is 84.7 Å². The molecule has 0 aromatic carbocycles. The Balaban J connectivity index is 2.18. The van der Waals surface area contributed by atoms with Gasteiger partial charge < -0.3 is 20.7 Å². The minimum atomic E-state index is -0.486. The van der Waals surface area contributed by atoms with E-state index in [1.807, 2.05) is 0 Å². The van der Waals surface area contributed by atoms with Crippen LogP contribution in [0.3, 0.4) is 0 Å². The van der Waals surface area contributed by atoms with Crippen LogP contribution in [-0.4, -0.2) is 55.6 Å². The zero-order valence-electron chi connectivity index (χ0n) is 10.3. The van der Waals surface area contributed by atoms with Gasteiger partial charge in [-0.05, 0) is 19.4 Å². The van der Waals surface area contributed by atoms with E-state index < -0.39 is 5.91 Å². The summed E-state index contributed by atoms with van der Waals surface area (Å²) in [7, 11) is 0. The van der Waals surface area contributed by atoms with Crippen LogP contribution >= 0.6 is 0 Å². The molecule has 1 rings (SSSR count). The molecule has 0 saturated carbocycles. The zero-order chi connectivity index (χ0) is 12.7. The van der Waals surface area contributed by atoms with Gasteiger partial charge in [0, 0.05) is 13.1 Å². The fourth-order valence-corrected chi connectivity index (χ4v) is 1.82. The molecule has 0 aromatic heterocycles. The van der Waals surface area contributed by atoms with Crippen molar-refractivity contribution in [2.45, 2.75) is 25.8 Å². The highest BCUT2D eigenvalue weighted by molar-refractivity contribution is 5.83. The normalized spacial score (nSPS) is 19.9. The molecule has 0 bridgehead atoms. The van der Waals surface area contributed by atoms with Crippen molar-refractivity contribution in [2.24, 2.45) is 5.73 Å². The summed E-state index contributed by atoms with van der Waals surface area (Å²) in [6.45, 7) is 4.48. The van der Waals surface area contributed by atoms with Crippen molar-refractivity contribution in [1.29, 1.82) is 0 Å². The maximum atomic E-state index is 11.9. The second-order valence-corrected chi connectivity index (χ2v) is 4.14. The van der Waals surface area contributed by atoms with Gasteiger partial charge in [0.15, 0.2) is 0 Å². The number of hydrogen-bond donors (Lipinski definition) is 2. The smallest absolute Gasteiger partial charge is 0.243 e. The summed E-state index contributed by atoms with van der Waals surface area (Å²) in [4.78, 5) is 24.1. The van der Waals surface area contributed by atoms with Crippen LogP contribution in [0.2, 0.25) is 0 Å². The molecule has 3 N–H and O–H groups in total. The Morgan fingerprint density at radius 2 is 2.41 bits per heavy atom. The SMILES string of the molecule is CCCNC1CCN(CCOCC(N)=O)C1=O. The highest BCUT2D eigenvalue weighted by Crippen LogP contribution is 2.10. The van der Waals surface area contributed by atoms with Crippen molar-refractivity contribution in [2.75, 3.05) is 32.8 Å². The molecular weight excluding hydrogens is 222 g/mol. The number of carbonyl (C=O) groups excluding carboxylic acids is 2. The van der Waals surface area contributed by atoms with E-state index in [0.29, 0.717) is 13.2 Å². The van der Waals surface area contributed by atoms with E-state index in [9.17, 15) is 9.59 Å². The molecule has 1 atom stereocenters. The first-order valence-corrected chi connectivity index (χ1v) is 6.03. The number of likely N-dealkylation sites (tertiary alicyclic amines) is 1. The maximum Gasteiger partial charge on any atom is 0.243 e. The van der Waals surface area contributed by atoms with Gasteiger partial charge in [0.05, 0.1) is 12.6 Å². The Morgan fingerprint density at radius 3 is 3.06 bits per heavy atom. The standard InChI is InChI=1S/C11H21N3O3/c1-2-4-13-9-3-5-14(11(9)16)6-7-17-8-10(12)15/h9,13H,2-8H2,1H3,(H2,12,15). The first-order valence-electron chi connectivity index (χ1n) is 6.03. The third-order valence-corrected chi connectivity index (χ3v) is 2.69. The molecule has 6 heteroatoms. The van der Waals surface area contributed by atoms with Crippen molar-refractivity contribution >= 4 is 11.8 Å². The van der Waals surface area contributed by atoms with Crippen molar-refractivity contribution in [3.05, 3.63) is 0 Å². The molecule has 17 heavy (non-hydrogen) atoms. The fraction of sp³-hybridized carbons (Fsp3) is 0.818. The van der Waals surface area contributed by atoms with Crippen molar-refractivity contribution in [3.8, 4) is 0 Å². The first kappa shape index (κ1) is 13.9. The number of nitrogens with one attached hydrogen (secondary N) is 1. The van der Waals surface area contributed by atoms with Crippen LogP contribution < -0.4 is 11.1 Å². The van der Waals surface area contributed by atoms with Gasteiger partial charge in [-0.25, -0.2) is 0 Å². The van der Waals surface area contributed by atoms with Gasteiger partial charge in [0.1, 0.15) is 6.61 Å². The Bertz CT molecular complexity index is 271. The minimum absolute atomic E-state index is 0.0499. The van der Waals surface area contributed by atoms with E-state index in [2.05, 4.69) is 12.2 Å². The van der Waals surface area contributed by atoms with Crippen LogP contribution in [0.4, 0.5) is 0 Å². The molecule has 0 radical (unpaired) electrons. The van der Waals surface area contributed by atoms with E-state index in [0.717, 1.165) is 25.9 Å². The summed E-state index contributed by atoms with van der Waals surface area (Å²) in [5.41, 5.74) is 4.94. The lowest BCUT2D eigenvalue weighted by Gasteiger charge is -2.16. The van der Waals surface area contributed by atoms with Gasteiger partial charge in [-0.1, -0.05) is 6.92 Å². The third-order valence-electron chi connectivity index (χ3n) is 2.69. The second-order valence-electron chi connectivity index (χ2n) is 4.14. The Hall–Kier alpha value is -1.14. The minimum Gasteiger partial charge on any atom is -0.370 e. The molecule has 1 unspecified atom stereocenters. The summed E-state index contributed by atoms with van der Waals surface area (Å²) >= 11 is 0. The average Bonchev–Trinajstić information content (AvgIpc) is 2.63. The number of carbonyl (C=O) groups is 2. The van der Waals surface area contributed by atoms with Gasteiger partial charge in [-0.15, -0.1) is 0 Å². The van der Waals surface area contributed by atoms with Gasteiger partial charge >= 0.3 is 0 Å². The van der Waals surface area contributed by atoms with E-state index in [-0.39, 0.29) is 18.6 Å². The van der Waals surface area contributed by atoms with Crippen molar-refractivity contribution < 1.29 is 14.3 Å².